The number of hydrogen-bond donors (Lipinski definition) is 1. The first-order valence-corrected chi connectivity index (χ1v) is 7.40. The third kappa shape index (κ3) is 2.23. The molecule has 2 atom stereocenters. The number of pyridine rings is 1. The summed E-state index contributed by atoms with van der Waals surface area (Å²) in [6, 6.07) is 11.3. The predicted molar refractivity (Wildman–Crippen MR) is 85.3 cm³/mol. The van der Waals surface area contributed by atoms with Gasteiger partial charge in [0.1, 0.15) is 17.0 Å². The van der Waals surface area contributed by atoms with Gasteiger partial charge in [0.15, 0.2) is 0 Å². The summed E-state index contributed by atoms with van der Waals surface area (Å²) in [6.07, 6.45) is 1.64. The highest BCUT2D eigenvalue weighted by atomic mass is 16.5. The molecule has 5 heteroatoms. The Hall–Kier alpha value is -2.58. The molecule has 2 heterocycles. The topological polar surface area (TPSA) is 75.2 Å². The molecule has 3 rings (SSSR count). The molecule has 1 aliphatic heterocycles. The minimum absolute atomic E-state index is 0.219. The number of benzene rings is 1. The van der Waals surface area contributed by atoms with E-state index < -0.39 is 17.2 Å². The number of aromatic nitrogens is 1. The molecule has 0 spiro atoms. The van der Waals surface area contributed by atoms with Gasteiger partial charge in [-0.05, 0) is 45.0 Å². The minimum Gasteiger partial charge on any atom is -0.484 e. The fourth-order valence-corrected chi connectivity index (χ4v) is 3.01. The second-order valence-electron chi connectivity index (χ2n) is 6.47. The van der Waals surface area contributed by atoms with Crippen LogP contribution in [0.5, 0.6) is 5.75 Å². The predicted octanol–water partition coefficient (Wildman–Crippen LogP) is 2.23. The molecule has 0 fully saturated rings. The van der Waals surface area contributed by atoms with Crippen LogP contribution in [0.2, 0.25) is 0 Å². The van der Waals surface area contributed by atoms with Gasteiger partial charge in [0.25, 0.3) is 5.56 Å². The smallest absolute Gasteiger partial charge is 0.251 e. The molecule has 1 unspecified atom stereocenters. The Labute approximate surface area is 134 Å². The van der Waals surface area contributed by atoms with Crippen LogP contribution in [0.3, 0.4) is 0 Å². The molecule has 0 aliphatic carbocycles. The Kier molecular flexibility index (Phi) is 3.31. The molecule has 0 saturated carbocycles. The van der Waals surface area contributed by atoms with Crippen LogP contribution in [0.25, 0.3) is 0 Å². The number of rotatable bonds is 1. The van der Waals surface area contributed by atoms with Gasteiger partial charge < -0.3 is 14.4 Å². The van der Waals surface area contributed by atoms with Crippen molar-refractivity contribution >= 4 is 0 Å². The molecule has 1 N–H and O–H groups in total. The highest BCUT2D eigenvalue weighted by Crippen LogP contribution is 2.47. The lowest BCUT2D eigenvalue weighted by molar-refractivity contribution is -0.139. The number of aliphatic hydroxyl groups is 1. The van der Waals surface area contributed by atoms with Crippen molar-refractivity contribution in [2.24, 2.45) is 0 Å². The van der Waals surface area contributed by atoms with E-state index in [1.54, 1.807) is 57.3 Å². The summed E-state index contributed by atoms with van der Waals surface area (Å²) in [5.41, 5.74) is -1.39. The van der Waals surface area contributed by atoms with Crippen molar-refractivity contribution in [1.29, 1.82) is 5.26 Å². The first-order valence-electron chi connectivity index (χ1n) is 7.40. The molecule has 1 aromatic heterocycles. The van der Waals surface area contributed by atoms with Crippen molar-refractivity contribution < 1.29 is 9.84 Å². The molecule has 1 aliphatic rings. The maximum Gasteiger partial charge on any atom is 0.251 e. The molecule has 1 aromatic carbocycles. The molecule has 0 amide bonds. The van der Waals surface area contributed by atoms with Crippen LogP contribution in [0.15, 0.2) is 47.4 Å². The number of nitriles is 1. The Balaban J connectivity index is 2.33. The molecule has 23 heavy (non-hydrogen) atoms. The Morgan fingerprint density at radius 3 is 2.65 bits per heavy atom. The zero-order valence-electron chi connectivity index (χ0n) is 13.3. The van der Waals surface area contributed by atoms with Gasteiger partial charge in [-0.2, -0.15) is 5.26 Å². The molecule has 0 bridgehead atoms. The van der Waals surface area contributed by atoms with Gasteiger partial charge in [0.05, 0.1) is 17.7 Å². The molecule has 0 radical (unpaired) electrons. The second kappa shape index (κ2) is 4.97. The fraction of sp³-hybridized carbons (Fsp3) is 0.333. The molecule has 118 valence electrons. The van der Waals surface area contributed by atoms with Gasteiger partial charge >= 0.3 is 0 Å². The van der Waals surface area contributed by atoms with Gasteiger partial charge in [-0.15, -0.1) is 0 Å². The van der Waals surface area contributed by atoms with Crippen molar-refractivity contribution in [1.82, 2.24) is 4.57 Å². The number of ether oxygens (including phenoxy) is 1. The summed E-state index contributed by atoms with van der Waals surface area (Å²) in [5.74, 6) is 0.571. The lowest BCUT2D eigenvalue weighted by Crippen LogP contribution is -2.60. The lowest BCUT2D eigenvalue weighted by Gasteiger charge is -2.49. The van der Waals surface area contributed by atoms with Gasteiger partial charge in [-0.25, -0.2) is 0 Å². The number of nitrogens with zero attached hydrogens (tertiary/aromatic N) is 2. The van der Waals surface area contributed by atoms with Crippen molar-refractivity contribution in [3.05, 3.63) is 64.1 Å². The first-order chi connectivity index (χ1) is 10.8. The van der Waals surface area contributed by atoms with E-state index in [0.717, 1.165) is 0 Å². The van der Waals surface area contributed by atoms with Gasteiger partial charge in [-0.3, -0.25) is 4.79 Å². The van der Waals surface area contributed by atoms with Crippen LogP contribution in [0.1, 0.15) is 37.9 Å². The van der Waals surface area contributed by atoms with Crippen LogP contribution in [-0.4, -0.2) is 20.9 Å². The van der Waals surface area contributed by atoms with E-state index in [0.29, 0.717) is 16.9 Å². The molecular weight excluding hydrogens is 292 g/mol. The van der Waals surface area contributed by atoms with E-state index in [2.05, 4.69) is 6.07 Å². The van der Waals surface area contributed by atoms with Crippen LogP contribution in [-0.2, 0) is 0 Å². The number of fused-ring (bicyclic) bond motifs is 1. The maximum absolute atomic E-state index is 12.3. The van der Waals surface area contributed by atoms with Gasteiger partial charge in [-0.1, -0.05) is 6.07 Å². The maximum atomic E-state index is 12.3. The van der Waals surface area contributed by atoms with Gasteiger partial charge in [0.2, 0.25) is 0 Å². The van der Waals surface area contributed by atoms with Crippen molar-refractivity contribution in [3.63, 3.8) is 0 Å². The van der Waals surface area contributed by atoms with Crippen LogP contribution in [0, 0.1) is 11.3 Å². The second-order valence-corrected chi connectivity index (χ2v) is 6.47. The monoisotopic (exact) mass is 310 g/mol. The third-order valence-electron chi connectivity index (χ3n) is 4.68. The minimum atomic E-state index is -1.35. The van der Waals surface area contributed by atoms with Crippen molar-refractivity contribution in [2.45, 2.75) is 38.0 Å². The van der Waals surface area contributed by atoms with Crippen molar-refractivity contribution in [2.75, 3.05) is 0 Å². The van der Waals surface area contributed by atoms with E-state index in [9.17, 15) is 9.90 Å². The van der Waals surface area contributed by atoms with E-state index in [-0.39, 0.29) is 5.56 Å². The molecular formula is C18H18N2O3. The average molecular weight is 310 g/mol. The Morgan fingerprint density at radius 1 is 1.26 bits per heavy atom. The molecule has 0 saturated heterocycles. The summed E-state index contributed by atoms with van der Waals surface area (Å²) in [4.78, 5) is 12.3. The highest BCUT2D eigenvalue weighted by Gasteiger charge is 2.53. The van der Waals surface area contributed by atoms with E-state index >= 15 is 0 Å². The lowest BCUT2D eigenvalue weighted by atomic mass is 9.75. The Morgan fingerprint density at radius 2 is 2.00 bits per heavy atom. The van der Waals surface area contributed by atoms with Crippen LogP contribution >= 0.6 is 0 Å². The van der Waals surface area contributed by atoms with Crippen LogP contribution < -0.4 is 10.3 Å². The standard InChI is InChI=1S/C18H18N2O3/c1-17(2)18(3,22)16(20-9-5-4-6-15(20)21)13-10-12(11-19)7-8-14(13)23-17/h4-10,16,22H,1-3H3/t16?,18-/m0/s1. The third-order valence-corrected chi connectivity index (χ3v) is 4.68. The quantitative estimate of drug-likeness (QED) is 0.876. The average Bonchev–Trinajstić information content (AvgIpc) is 2.49. The zero-order chi connectivity index (χ0) is 16.8. The summed E-state index contributed by atoms with van der Waals surface area (Å²) < 4.78 is 7.44. The summed E-state index contributed by atoms with van der Waals surface area (Å²) in [5, 5.41) is 20.3. The SMILES string of the molecule is CC1(C)Oc2ccc(C#N)cc2C(n2ccccc2=O)[C@]1(C)O. The first kappa shape index (κ1) is 15.3. The normalized spacial score (nSPS) is 25.1. The molecule has 2 aromatic rings. The summed E-state index contributed by atoms with van der Waals surface area (Å²) in [6.45, 7) is 5.23. The Bertz CT molecular complexity index is 859. The summed E-state index contributed by atoms with van der Waals surface area (Å²) >= 11 is 0. The van der Waals surface area contributed by atoms with E-state index in [4.69, 9.17) is 10.00 Å². The van der Waals surface area contributed by atoms with Crippen molar-refractivity contribution in [3.8, 4) is 11.8 Å². The fourth-order valence-electron chi connectivity index (χ4n) is 3.01. The van der Waals surface area contributed by atoms with Gasteiger partial charge in [0, 0.05) is 17.8 Å². The molecule has 5 nitrogen and oxygen atoms in total. The zero-order valence-corrected chi connectivity index (χ0v) is 13.3. The van der Waals surface area contributed by atoms with E-state index in [1.165, 1.54) is 10.6 Å². The van der Waals surface area contributed by atoms with Crippen LogP contribution in [0.4, 0.5) is 0 Å². The largest absolute Gasteiger partial charge is 0.484 e. The van der Waals surface area contributed by atoms with E-state index in [1.807, 2.05) is 0 Å². The summed E-state index contributed by atoms with van der Waals surface area (Å²) in [7, 11) is 0. The number of hydrogen-bond acceptors (Lipinski definition) is 4. The highest BCUT2D eigenvalue weighted by molar-refractivity contribution is 5.47.